The highest BCUT2D eigenvalue weighted by molar-refractivity contribution is 7.92. The molecule has 2 aromatic carbocycles. The van der Waals surface area contributed by atoms with Crippen LogP contribution in [0, 0.1) is 13.8 Å². The van der Waals surface area contributed by atoms with Gasteiger partial charge < -0.3 is 14.2 Å². The molecule has 0 aliphatic rings. The van der Waals surface area contributed by atoms with Crippen molar-refractivity contribution in [1.29, 1.82) is 0 Å². The summed E-state index contributed by atoms with van der Waals surface area (Å²) >= 11 is 0. The third kappa shape index (κ3) is 6.71. The molecule has 0 aromatic heterocycles. The Morgan fingerprint density at radius 3 is 2.44 bits per heavy atom. The number of aryl methyl sites for hydroxylation is 2. The molecule has 0 bridgehead atoms. The summed E-state index contributed by atoms with van der Waals surface area (Å²) in [5, 5.41) is 3.86. The molecule has 0 spiro atoms. The molecule has 1 N–H and O–H groups in total. The Bertz CT molecular complexity index is 1130. The van der Waals surface area contributed by atoms with Gasteiger partial charge in [0, 0.05) is 0 Å². The number of hydrogen-bond acceptors (Lipinski definition) is 8. The summed E-state index contributed by atoms with van der Waals surface area (Å²) in [5.74, 6) is -0.216. The van der Waals surface area contributed by atoms with E-state index in [9.17, 15) is 18.0 Å². The lowest BCUT2D eigenvalue weighted by atomic mass is 10.1. The zero-order valence-electron chi connectivity index (χ0n) is 18.4. The molecule has 11 heteroatoms. The summed E-state index contributed by atoms with van der Waals surface area (Å²) in [7, 11) is -1.12. The summed E-state index contributed by atoms with van der Waals surface area (Å²) in [6.07, 6.45) is 1.48. The largest absolute Gasteiger partial charge is 0.513 e. The van der Waals surface area contributed by atoms with Crippen molar-refractivity contribution in [2.24, 2.45) is 5.10 Å². The number of hydrogen-bond donors (Lipinski definition) is 1. The summed E-state index contributed by atoms with van der Waals surface area (Å²) in [6.45, 7) is 3.17. The predicted octanol–water partition coefficient (Wildman–Crippen LogP) is 2.37. The van der Waals surface area contributed by atoms with Crippen LogP contribution < -0.4 is 19.2 Å². The van der Waals surface area contributed by atoms with E-state index in [2.05, 4.69) is 15.3 Å². The van der Waals surface area contributed by atoms with Crippen molar-refractivity contribution in [1.82, 2.24) is 5.43 Å². The summed E-state index contributed by atoms with van der Waals surface area (Å²) in [6, 6.07) is 9.95. The second kappa shape index (κ2) is 10.6. The second-order valence-corrected chi connectivity index (χ2v) is 8.73. The number of methoxy groups -OCH3 is 2. The van der Waals surface area contributed by atoms with Crippen LogP contribution in [0.2, 0.25) is 0 Å². The molecule has 0 heterocycles. The molecular weight excluding hydrogens is 438 g/mol. The van der Waals surface area contributed by atoms with Crippen LogP contribution in [-0.4, -0.2) is 53.7 Å². The van der Waals surface area contributed by atoms with Crippen LogP contribution in [0.15, 0.2) is 41.5 Å². The van der Waals surface area contributed by atoms with E-state index in [4.69, 9.17) is 9.47 Å². The first-order valence-corrected chi connectivity index (χ1v) is 11.2. The number of sulfonamides is 1. The van der Waals surface area contributed by atoms with Crippen LogP contribution in [0.1, 0.15) is 16.7 Å². The lowest BCUT2D eigenvalue weighted by Crippen LogP contribution is -2.39. The normalized spacial score (nSPS) is 11.2. The van der Waals surface area contributed by atoms with Crippen LogP contribution in [0.3, 0.4) is 0 Å². The summed E-state index contributed by atoms with van der Waals surface area (Å²) < 4.78 is 40.1. The second-order valence-electron chi connectivity index (χ2n) is 6.82. The monoisotopic (exact) mass is 463 g/mol. The molecular formula is C21H25N3O7S. The Labute approximate surface area is 186 Å². The molecule has 32 heavy (non-hydrogen) atoms. The Morgan fingerprint density at radius 1 is 1.09 bits per heavy atom. The molecule has 0 fully saturated rings. The van der Waals surface area contributed by atoms with Crippen LogP contribution >= 0.6 is 0 Å². The highest BCUT2D eigenvalue weighted by atomic mass is 32.2. The number of benzene rings is 2. The average Bonchev–Trinajstić information content (AvgIpc) is 2.73. The van der Waals surface area contributed by atoms with E-state index in [1.165, 1.54) is 32.6 Å². The maximum absolute atomic E-state index is 12.4. The van der Waals surface area contributed by atoms with E-state index in [1.807, 2.05) is 13.0 Å². The van der Waals surface area contributed by atoms with Crippen molar-refractivity contribution >= 4 is 34.0 Å². The minimum atomic E-state index is -3.70. The number of rotatable bonds is 8. The van der Waals surface area contributed by atoms with Gasteiger partial charge in [-0.25, -0.2) is 18.6 Å². The number of nitrogens with one attached hydrogen (secondary N) is 1. The SMILES string of the molecule is COC(=O)Oc1ccc(/C=N\NC(=O)CN(c2cc(C)ccc2C)S(C)(=O)=O)cc1OC. The summed E-state index contributed by atoms with van der Waals surface area (Å²) in [5.41, 5.74) is 4.86. The zero-order valence-corrected chi connectivity index (χ0v) is 19.2. The minimum absolute atomic E-state index is 0.151. The number of carbonyl (C=O) groups is 2. The van der Waals surface area contributed by atoms with Crippen molar-refractivity contribution in [2.75, 3.05) is 31.3 Å². The quantitative estimate of drug-likeness (QED) is 0.276. The van der Waals surface area contributed by atoms with Gasteiger partial charge in [-0.3, -0.25) is 9.10 Å². The van der Waals surface area contributed by atoms with Crippen LogP contribution in [0.25, 0.3) is 0 Å². The molecule has 0 unspecified atom stereocenters. The number of carbonyl (C=O) groups excluding carboxylic acids is 2. The average molecular weight is 464 g/mol. The maximum Gasteiger partial charge on any atom is 0.513 e. The Balaban J connectivity index is 2.12. The first kappa shape index (κ1) is 24.7. The third-order valence-electron chi connectivity index (χ3n) is 4.27. The predicted molar refractivity (Wildman–Crippen MR) is 120 cm³/mol. The van der Waals surface area contributed by atoms with Crippen molar-refractivity contribution in [3.8, 4) is 11.5 Å². The molecule has 0 aliphatic carbocycles. The van der Waals surface area contributed by atoms with E-state index < -0.39 is 28.6 Å². The summed E-state index contributed by atoms with van der Waals surface area (Å²) in [4.78, 5) is 23.6. The van der Waals surface area contributed by atoms with Crippen LogP contribution in [-0.2, 0) is 19.6 Å². The topological polar surface area (TPSA) is 124 Å². The van der Waals surface area contributed by atoms with Crippen LogP contribution in [0.4, 0.5) is 10.5 Å². The van der Waals surface area contributed by atoms with Crippen molar-refractivity contribution < 1.29 is 32.2 Å². The maximum atomic E-state index is 12.4. The first-order valence-electron chi connectivity index (χ1n) is 9.36. The van der Waals surface area contributed by atoms with Crippen LogP contribution in [0.5, 0.6) is 11.5 Å². The molecule has 2 aromatic rings. The van der Waals surface area contributed by atoms with Gasteiger partial charge in [0.15, 0.2) is 11.5 Å². The van der Waals surface area contributed by atoms with Crippen molar-refractivity contribution in [3.63, 3.8) is 0 Å². The fourth-order valence-corrected chi connectivity index (χ4v) is 3.60. The molecule has 0 saturated carbocycles. The zero-order chi connectivity index (χ0) is 23.9. The number of hydrazone groups is 1. The molecule has 0 aliphatic heterocycles. The highest BCUT2D eigenvalue weighted by Gasteiger charge is 2.22. The number of nitrogens with zero attached hydrogens (tertiary/aromatic N) is 2. The van der Waals surface area contributed by atoms with Gasteiger partial charge in [0.05, 0.1) is 32.4 Å². The van der Waals surface area contributed by atoms with Gasteiger partial charge in [0.2, 0.25) is 10.0 Å². The van der Waals surface area contributed by atoms with Gasteiger partial charge >= 0.3 is 6.16 Å². The molecule has 0 saturated heterocycles. The van der Waals surface area contributed by atoms with Gasteiger partial charge in [0.1, 0.15) is 6.54 Å². The van der Waals surface area contributed by atoms with E-state index >= 15 is 0 Å². The molecule has 2 rings (SSSR count). The van der Waals surface area contributed by atoms with E-state index in [-0.39, 0.29) is 11.5 Å². The van der Waals surface area contributed by atoms with E-state index in [1.54, 1.807) is 25.1 Å². The van der Waals surface area contributed by atoms with Gasteiger partial charge in [-0.15, -0.1) is 0 Å². The Hall–Kier alpha value is -3.60. The fourth-order valence-electron chi connectivity index (χ4n) is 2.69. The van der Waals surface area contributed by atoms with E-state index in [0.717, 1.165) is 21.7 Å². The van der Waals surface area contributed by atoms with Gasteiger partial charge in [-0.05, 0) is 54.8 Å². The molecule has 0 radical (unpaired) electrons. The van der Waals surface area contributed by atoms with Gasteiger partial charge in [0.25, 0.3) is 5.91 Å². The lowest BCUT2D eigenvalue weighted by Gasteiger charge is -2.23. The Kier molecular flexibility index (Phi) is 8.19. The molecule has 172 valence electrons. The van der Waals surface area contributed by atoms with Gasteiger partial charge in [-0.2, -0.15) is 5.10 Å². The van der Waals surface area contributed by atoms with E-state index in [0.29, 0.717) is 11.3 Å². The highest BCUT2D eigenvalue weighted by Crippen LogP contribution is 2.28. The third-order valence-corrected chi connectivity index (χ3v) is 5.40. The standard InChI is InChI=1S/C21H25N3O7S/c1-14-6-7-15(2)17(10-14)24(32(5,27)28)13-20(25)23-22-12-16-8-9-18(19(11-16)29-3)31-21(26)30-4/h6-12H,13H2,1-5H3,(H,23,25)/b22-12-. The first-order chi connectivity index (χ1) is 15.0. The molecule has 10 nitrogen and oxygen atoms in total. The van der Waals surface area contributed by atoms with Gasteiger partial charge in [-0.1, -0.05) is 12.1 Å². The smallest absolute Gasteiger partial charge is 0.493 e. The Morgan fingerprint density at radius 2 is 1.81 bits per heavy atom. The minimum Gasteiger partial charge on any atom is -0.493 e. The number of anilines is 1. The molecule has 0 atom stereocenters. The fraction of sp³-hybridized carbons (Fsp3) is 0.286. The molecule has 1 amide bonds. The number of amides is 1. The van der Waals surface area contributed by atoms with Crippen molar-refractivity contribution in [3.05, 3.63) is 53.1 Å². The lowest BCUT2D eigenvalue weighted by molar-refractivity contribution is -0.119. The number of ether oxygens (including phenoxy) is 3. The van der Waals surface area contributed by atoms with Crippen molar-refractivity contribution in [2.45, 2.75) is 13.8 Å².